The number of allylic oxidation sites excluding steroid dienone is 2. The van der Waals surface area contributed by atoms with Crippen LogP contribution in [0.15, 0.2) is 22.9 Å². The van der Waals surface area contributed by atoms with Crippen LogP contribution in [0, 0.1) is 0 Å². The Hall–Kier alpha value is -1.49. The quantitative estimate of drug-likeness (QED) is 0.451. The molecule has 2 N–H and O–H groups in total. The van der Waals surface area contributed by atoms with Crippen LogP contribution in [0.3, 0.4) is 0 Å². The number of nitrogens with zero attached hydrogens (tertiary/aromatic N) is 1. The first kappa shape index (κ1) is 20.6. The Morgan fingerprint density at radius 2 is 1.88 bits per heavy atom. The molecule has 24 heavy (non-hydrogen) atoms. The first-order valence-electron chi connectivity index (χ1n) is 8.77. The molecule has 5 nitrogen and oxygen atoms in total. The Morgan fingerprint density at radius 3 is 2.50 bits per heavy atom. The van der Waals surface area contributed by atoms with Gasteiger partial charge in [0.1, 0.15) is 0 Å². The van der Waals surface area contributed by atoms with Gasteiger partial charge in [-0.15, -0.1) is 0 Å². The summed E-state index contributed by atoms with van der Waals surface area (Å²) in [7, 11) is 0. The predicted octanol–water partition coefficient (Wildman–Crippen LogP) is 3.82. The molecule has 0 saturated carbocycles. The number of nitrogens with two attached hydrogens (primary N) is 1. The molecule has 1 aliphatic rings. The van der Waals surface area contributed by atoms with Crippen molar-refractivity contribution >= 4 is 23.5 Å². The predicted molar refractivity (Wildman–Crippen MR) is 96.1 cm³/mol. The molecule has 0 aliphatic carbocycles. The summed E-state index contributed by atoms with van der Waals surface area (Å²) in [5, 5.41) is 0.334. The molecule has 1 atom stereocenters. The van der Waals surface area contributed by atoms with E-state index in [1.807, 2.05) is 0 Å². The number of primary amides is 1. The van der Waals surface area contributed by atoms with Gasteiger partial charge in [0.2, 0.25) is 5.91 Å². The molecule has 1 aliphatic heterocycles. The molecule has 1 rings (SSSR count). The average molecular weight is 357 g/mol. The molecule has 1 amide bonds. The summed E-state index contributed by atoms with van der Waals surface area (Å²) in [4.78, 5) is 25.0. The van der Waals surface area contributed by atoms with E-state index in [0.29, 0.717) is 17.0 Å². The fraction of sp³-hybridized carbons (Fsp3) is 0.667. The van der Waals surface area contributed by atoms with Crippen LogP contribution in [0.2, 0.25) is 0 Å². The molecule has 0 spiro atoms. The number of halogens is 1. The van der Waals surface area contributed by atoms with E-state index in [0.717, 1.165) is 12.8 Å². The molecule has 0 bridgehead atoms. The van der Waals surface area contributed by atoms with Crippen molar-refractivity contribution in [1.82, 2.24) is 4.90 Å². The van der Waals surface area contributed by atoms with Crippen LogP contribution >= 0.6 is 11.6 Å². The third kappa shape index (κ3) is 7.39. The lowest BCUT2D eigenvalue weighted by molar-refractivity contribution is -0.155. The van der Waals surface area contributed by atoms with Crippen LogP contribution in [0.5, 0.6) is 0 Å². The first-order valence-corrected chi connectivity index (χ1v) is 9.15. The Bertz CT molecular complexity index is 489. The summed E-state index contributed by atoms with van der Waals surface area (Å²) in [6.07, 6.45) is 11.4. The summed E-state index contributed by atoms with van der Waals surface area (Å²) < 4.78 is 5.42. The van der Waals surface area contributed by atoms with E-state index in [4.69, 9.17) is 22.1 Å². The molecule has 1 heterocycles. The largest absolute Gasteiger partial charge is 0.442 e. The third-order valence-electron chi connectivity index (χ3n) is 4.09. The lowest BCUT2D eigenvalue weighted by Crippen LogP contribution is -2.37. The van der Waals surface area contributed by atoms with Gasteiger partial charge in [-0.05, 0) is 19.4 Å². The van der Waals surface area contributed by atoms with Gasteiger partial charge in [0.25, 0.3) is 0 Å². The van der Waals surface area contributed by atoms with Gasteiger partial charge in [-0.3, -0.25) is 9.59 Å². The molecule has 0 saturated heterocycles. The molecular formula is C18H29ClN2O3. The molecule has 0 aromatic rings. The first-order chi connectivity index (χ1) is 11.5. The lowest BCUT2D eigenvalue weighted by Gasteiger charge is -2.30. The number of carbonyl (C=O) groups excluding carboxylic acids is 2. The highest BCUT2D eigenvalue weighted by Gasteiger charge is 2.22. The van der Waals surface area contributed by atoms with Gasteiger partial charge < -0.3 is 15.4 Å². The van der Waals surface area contributed by atoms with Crippen molar-refractivity contribution in [1.29, 1.82) is 0 Å². The van der Waals surface area contributed by atoms with Crippen molar-refractivity contribution in [2.75, 3.05) is 6.54 Å². The van der Waals surface area contributed by atoms with E-state index < -0.39 is 12.1 Å². The second-order valence-electron chi connectivity index (χ2n) is 6.14. The molecular weight excluding hydrogens is 328 g/mol. The standard InChI is InChI=1S/C18H29ClN2O3/c1-3-4-5-6-7-8-9-10-17(22)24-14(2)21-12-11-16(19)15(13-21)18(20)23/h11-12,14H,3-10,13H2,1-2H3,(H2,20,23). The zero-order valence-corrected chi connectivity index (χ0v) is 15.5. The van der Waals surface area contributed by atoms with E-state index in [9.17, 15) is 9.59 Å². The second kappa shape index (κ2) is 11.1. The maximum Gasteiger partial charge on any atom is 0.307 e. The number of amides is 1. The number of carbonyl (C=O) groups is 2. The Kier molecular flexibility index (Phi) is 9.53. The Balaban J connectivity index is 2.25. The van der Waals surface area contributed by atoms with E-state index in [-0.39, 0.29) is 12.5 Å². The van der Waals surface area contributed by atoms with Gasteiger partial charge in [0, 0.05) is 12.6 Å². The number of esters is 1. The van der Waals surface area contributed by atoms with Gasteiger partial charge in [0.15, 0.2) is 6.23 Å². The molecule has 0 aromatic carbocycles. The zero-order valence-electron chi connectivity index (χ0n) is 14.7. The van der Waals surface area contributed by atoms with Crippen LogP contribution < -0.4 is 5.73 Å². The third-order valence-corrected chi connectivity index (χ3v) is 4.45. The number of hydrogen-bond donors (Lipinski definition) is 1. The van der Waals surface area contributed by atoms with Gasteiger partial charge in [0.05, 0.1) is 17.2 Å². The summed E-state index contributed by atoms with van der Waals surface area (Å²) in [5.74, 6) is -0.776. The maximum absolute atomic E-state index is 11.9. The average Bonchev–Trinajstić information content (AvgIpc) is 2.54. The van der Waals surface area contributed by atoms with Crippen molar-refractivity contribution in [3.8, 4) is 0 Å². The number of unbranched alkanes of at least 4 members (excludes halogenated alkanes) is 6. The highest BCUT2D eigenvalue weighted by atomic mass is 35.5. The van der Waals surface area contributed by atoms with Gasteiger partial charge >= 0.3 is 5.97 Å². The highest BCUT2D eigenvalue weighted by molar-refractivity contribution is 6.33. The van der Waals surface area contributed by atoms with Crippen molar-refractivity contribution in [3.05, 3.63) is 22.9 Å². The number of rotatable bonds is 11. The van der Waals surface area contributed by atoms with E-state index in [1.165, 1.54) is 32.1 Å². The SMILES string of the molecule is CCCCCCCCCC(=O)OC(C)N1C=CC(Cl)=C(C(N)=O)C1. The summed E-state index contributed by atoms with van der Waals surface area (Å²) in [6.45, 7) is 4.21. The van der Waals surface area contributed by atoms with E-state index in [2.05, 4.69) is 6.92 Å². The Morgan fingerprint density at radius 1 is 1.25 bits per heavy atom. The summed E-state index contributed by atoms with van der Waals surface area (Å²) in [6, 6.07) is 0. The van der Waals surface area contributed by atoms with Crippen LogP contribution in [0.1, 0.15) is 65.2 Å². The minimum Gasteiger partial charge on any atom is -0.442 e. The molecule has 0 fully saturated rings. The van der Waals surface area contributed by atoms with Crippen molar-refractivity contribution in [3.63, 3.8) is 0 Å². The monoisotopic (exact) mass is 356 g/mol. The smallest absolute Gasteiger partial charge is 0.307 e. The highest BCUT2D eigenvalue weighted by Crippen LogP contribution is 2.20. The molecule has 0 aromatic heterocycles. The van der Waals surface area contributed by atoms with Gasteiger partial charge in [-0.25, -0.2) is 0 Å². The topological polar surface area (TPSA) is 72.6 Å². The van der Waals surface area contributed by atoms with Crippen LogP contribution in [0.4, 0.5) is 0 Å². The van der Waals surface area contributed by atoms with E-state index >= 15 is 0 Å². The molecule has 0 radical (unpaired) electrons. The van der Waals surface area contributed by atoms with Crippen molar-refractivity contribution in [2.45, 2.75) is 71.4 Å². The minimum absolute atomic E-state index is 0.217. The van der Waals surface area contributed by atoms with Crippen molar-refractivity contribution < 1.29 is 14.3 Å². The van der Waals surface area contributed by atoms with Crippen LogP contribution in [-0.2, 0) is 14.3 Å². The lowest BCUT2D eigenvalue weighted by atomic mass is 10.1. The Labute approximate surface area is 149 Å². The molecule has 6 heteroatoms. The molecule has 1 unspecified atom stereocenters. The summed E-state index contributed by atoms with van der Waals surface area (Å²) in [5.41, 5.74) is 5.62. The van der Waals surface area contributed by atoms with Gasteiger partial charge in [-0.1, -0.05) is 57.0 Å². The molecule has 136 valence electrons. The minimum atomic E-state index is -0.559. The fourth-order valence-electron chi connectivity index (χ4n) is 2.56. The maximum atomic E-state index is 11.9. The normalized spacial score (nSPS) is 15.5. The van der Waals surface area contributed by atoms with Crippen LogP contribution in [0.25, 0.3) is 0 Å². The summed E-state index contributed by atoms with van der Waals surface area (Å²) >= 11 is 5.94. The van der Waals surface area contributed by atoms with Crippen LogP contribution in [-0.4, -0.2) is 29.5 Å². The zero-order chi connectivity index (χ0) is 17.9. The van der Waals surface area contributed by atoms with E-state index in [1.54, 1.807) is 24.1 Å². The number of hydrogen-bond acceptors (Lipinski definition) is 4. The fourth-order valence-corrected chi connectivity index (χ4v) is 2.77. The second-order valence-corrected chi connectivity index (χ2v) is 6.55. The number of ether oxygens (including phenoxy) is 1. The van der Waals surface area contributed by atoms with Crippen molar-refractivity contribution in [2.24, 2.45) is 5.73 Å². The van der Waals surface area contributed by atoms with Gasteiger partial charge in [-0.2, -0.15) is 0 Å².